The first kappa shape index (κ1) is 31.0. The second-order valence-electron chi connectivity index (χ2n) is 15.9. The zero-order valence-electron chi connectivity index (χ0n) is 31.0. The van der Waals surface area contributed by atoms with Crippen LogP contribution in [0.5, 0.6) is 5.75 Å². The van der Waals surface area contributed by atoms with E-state index in [0.717, 1.165) is 11.3 Å². The molecule has 11 aromatic rings. The van der Waals surface area contributed by atoms with E-state index in [0.29, 0.717) is 0 Å². The van der Waals surface area contributed by atoms with E-state index in [2.05, 4.69) is 194 Å². The van der Waals surface area contributed by atoms with Crippen molar-refractivity contribution >= 4 is 81.0 Å². The van der Waals surface area contributed by atoms with Crippen LogP contribution in [0.2, 0.25) is 0 Å². The zero-order valence-corrected chi connectivity index (χ0v) is 31.0. The fraction of sp³-hybridized carbons (Fsp3) is 0.0357. The summed E-state index contributed by atoms with van der Waals surface area (Å²) in [5, 5.41) is 17.9. The molecule has 1 aliphatic carbocycles. The van der Waals surface area contributed by atoms with Crippen molar-refractivity contribution in [3.63, 3.8) is 0 Å². The van der Waals surface area contributed by atoms with E-state index in [1.807, 2.05) is 0 Å². The van der Waals surface area contributed by atoms with Crippen molar-refractivity contribution in [2.45, 2.75) is 12.0 Å². The molecular weight excluding hydrogens is 689 g/mol. The Morgan fingerprint density at radius 1 is 0.368 bits per heavy atom. The molecule has 0 amide bonds. The number of ether oxygens (including phenoxy) is 1. The van der Waals surface area contributed by atoms with Crippen LogP contribution in [0.15, 0.2) is 194 Å². The monoisotopic (exact) mass is 722 g/mol. The predicted molar refractivity (Wildman–Crippen MR) is 242 cm³/mol. The Morgan fingerprint density at radius 2 is 0.965 bits per heavy atom. The average molecular weight is 723 g/mol. The molecule has 1 heteroatoms. The summed E-state index contributed by atoms with van der Waals surface area (Å²) in [6.45, 7) is 0. The van der Waals surface area contributed by atoms with E-state index in [9.17, 15) is 0 Å². The van der Waals surface area contributed by atoms with Crippen molar-refractivity contribution in [3.8, 4) is 28.0 Å². The Balaban J connectivity index is 1.08. The Labute approximate surface area is 329 Å². The molecule has 1 heterocycles. The van der Waals surface area contributed by atoms with Crippen LogP contribution in [0.4, 0.5) is 0 Å². The quantitative estimate of drug-likeness (QED) is 0.165. The lowest BCUT2D eigenvalue weighted by molar-refractivity contribution is 0.270. The molecular formula is C56H34O. The Morgan fingerprint density at radius 3 is 1.81 bits per heavy atom. The molecule has 11 aromatic carbocycles. The molecule has 0 fully saturated rings. The molecule has 0 saturated carbocycles. The summed E-state index contributed by atoms with van der Waals surface area (Å²) in [5.41, 5.74) is 8.53. The van der Waals surface area contributed by atoms with Crippen LogP contribution in [-0.2, 0) is 0 Å². The van der Waals surface area contributed by atoms with E-state index in [1.54, 1.807) is 0 Å². The standard InChI is InChI=1S/C56H34O/c1-3-13-40-33(9-1)21-25-46-42(17-8-18-44(40)46)38-24-28-53-50(30-38)52-32-39(49-29-37-10-2-4-14-41(37)43-15-5-6-16-45(43)49)31-51(56(52)57-53)47-26-22-36-20-19-34-11-7-12-35-23-27-48(47)55(36)54(34)35/h1-32,50,53H. The smallest absolute Gasteiger partial charge is 0.132 e. The van der Waals surface area contributed by atoms with Crippen LogP contribution in [0.25, 0.3) is 103 Å². The molecule has 0 N–H and O–H groups in total. The third kappa shape index (κ3) is 4.46. The van der Waals surface area contributed by atoms with Crippen LogP contribution in [0.3, 0.4) is 0 Å². The minimum Gasteiger partial charge on any atom is -0.484 e. The molecule has 0 saturated heterocycles. The summed E-state index contributed by atoms with van der Waals surface area (Å²) in [6, 6.07) is 65.3. The van der Waals surface area contributed by atoms with Gasteiger partial charge < -0.3 is 4.74 Å². The highest BCUT2D eigenvalue weighted by Gasteiger charge is 2.36. The minimum absolute atomic E-state index is 0.0564. The van der Waals surface area contributed by atoms with Crippen molar-refractivity contribution in [1.82, 2.24) is 0 Å². The van der Waals surface area contributed by atoms with Gasteiger partial charge in [-0.2, -0.15) is 0 Å². The summed E-state index contributed by atoms with van der Waals surface area (Å²) in [7, 11) is 0. The lowest BCUT2D eigenvalue weighted by Crippen LogP contribution is -2.17. The Hall–Kier alpha value is -7.22. The van der Waals surface area contributed by atoms with Gasteiger partial charge in [0.25, 0.3) is 0 Å². The normalized spacial score (nSPS) is 16.2. The van der Waals surface area contributed by atoms with Gasteiger partial charge in [-0.15, -0.1) is 0 Å². The predicted octanol–water partition coefficient (Wildman–Crippen LogP) is 15.0. The summed E-state index contributed by atoms with van der Waals surface area (Å²) in [6.07, 6.45) is 6.95. The maximum Gasteiger partial charge on any atom is 0.132 e. The molecule has 2 atom stereocenters. The van der Waals surface area contributed by atoms with Gasteiger partial charge in [0.15, 0.2) is 0 Å². The van der Waals surface area contributed by atoms with Gasteiger partial charge in [-0.3, -0.25) is 0 Å². The molecule has 0 bridgehead atoms. The maximum atomic E-state index is 7.13. The Kier molecular flexibility index (Phi) is 6.34. The lowest BCUT2D eigenvalue weighted by atomic mass is 9.82. The third-order valence-electron chi connectivity index (χ3n) is 12.9. The first-order valence-electron chi connectivity index (χ1n) is 20.0. The van der Waals surface area contributed by atoms with E-state index >= 15 is 0 Å². The molecule has 1 nitrogen and oxygen atoms in total. The fourth-order valence-electron chi connectivity index (χ4n) is 10.3. The summed E-state index contributed by atoms with van der Waals surface area (Å²) >= 11 is 0. The van der Waals surface area contributed by atoms with Crippen molar-refractivity contribution in [1.29, 1.82) is 0 Å². The highest BCUT2D eigenvalue weighted by Crippen LogP contribution is 2.53. The number of allylic oxidation sites excluding steroid dienone is 2. The van der Waals surface area contributed by atoms with Gasteiger partial charge in [0, 0.05) is 17.0 Å². The number of hydrogen-bond acceptors (Lipinski definition) is 1. The van der Waals surface area contributed by atoms with Crippen LogP contribution in [-0.4, -0.2) is 6.10 Å². The maximum absolute atomic E-state index is 7.13. The molecule has 0 aromatic heterocycles. The van der Waals surface area contributed by atoms with Crippen LogP contribution >= 0.6 is 0 Å². The second-order valence-corrected chi connectivity index (χ2v) is 15.9. The summed E-state index contributed by atoms with van der Waals surface area (Å²) in [5.74, 6) is 1.04. The van der Waals surface area contributed by atoms with Crippen molar-refractivity contribution in [2.24, 2.45) is 0 Å². The summed E-state index contributed by atoms with van der Waals surface area (Å²) < 4.78 is 7.13. The van der Waals surface area contributed by atoms with Crippen molar-refractivity contribution < 1.29 is 4.74 Å². The van der Waals surface area contributed by atoms with E-state index in [-0.39, 0.29) is 12.0 Å². The van der Waals surface area contributed by atoms with Gasteiger partial charge in [0.1, 0.15) is 11.9 Å². The molecule has 1 aliphatic heterocycles. The highest BCUT2D eigenvalue weighted by atomic mass is 16.5. The van der Waals surface area contributed by atoms with Gasteiger partial charge in [-0.25, -0.2) is 0 Å². The highest BCUT2D eigenvalue weighted by molar-refractivity contribution is 6.26. The first-order chi connectivity index (χ1) is 28.2. The molecule has 13 rings (SSSR count). The minimum atomic E-state index is -0.0957. The van der Waals surface area contributed by atoms with Crippen LogP contribution in [0, 0.1) is 0 Å². The van der Waals surface area contributed by atoms with Crippen LogP contribution in [0.1, 0.15) is 17.0 Å². The summed E-state index contributed by atoms with van der Waals surface area (Å²) in [4.78, 5) is 0. The van der Waals surface area contributed by atoms with E-state index in [4.69, 9.17) is 4.74 Å². The van der Waals surface area contributed by atoms with Gasteiger partial charge in [-0.1, -0.05) is 170 Å². The SMILES string of the molecule is C1=CC2Oc3c(-c4ccc5ccc6cccc7ccc4c5c67)cc(-c4cc5ccccc5c5ccccc45)cc3C2C=C1c1cccc2c1ccc1ccccc12. The lowest BCUT2D eigenvalue weighted by Gasteiger charge is -2.20. The van der Waals surface area contributed by atoms with E-state index < -0.39 is 0 Å². The molecule has 2 aliphatic rings. The zero-order chi connectivity index (χ0) is 37.2. The third-order valence-corrected chi connectivity index (χ3v) is 12.9. The largest absolute Gasteiger partial charge is 0.484 e. The number of rotatable bonds is 3. The number of hydrogen-bond donors (Lipinski definition) is 0. The van der Waals surface area contributed by atoms with Gasteiger partial charge in [-0.05, 0) is 128 Å². The molecule has 0 spiro atoms. The van der Waals surface area contributed by atoms with Crippen molar-refractivity contribution in [3.05, 3.63) is 205 Å². The first-order valence-corrected chi connectivity index (χ1v) is 20.0. The van der Waals surface area contributed by atoms with Gasteiger partial charge >= 0.3 is 0 Å². The topological polar surface area (TPSA) is 9.23 Å². The fourth-order valence-corrected chi connectivity index (χ4v) is 10.3. The molecule has 2 unspecified atom stereocenters. The van der Waals surface area contributed by atoms with Crippen LogP contribution < -0.4 is 4.74 Å². The average Bonchev–Trinajstić information content (AvgIpc) is 3.65. The molecule has 264 valence electrons. The van der Waals surface area contributed by atoms with E-state index in [1.165, 1.54) is 109 Å². The van der Waals surface area contributed by atoms with Gasteiger partial charge in [0.05, 0.1) is 0 Å². The van der Waals surface area contributed by atoms with Crippen molar-refractivity contribution in [2.75, 3.05) is 0 Å². The number of fused-ring (bicyclic) bond motifs is 9. The number of benzene rings is 11. The van der Waals surface area contributed by atoms with Gasteiger partial charge in [0.2, 0.25) is 0 Å². The Bertz CT molecular complexity index is 3550. The molecule has 57 heavy (non-hydrogen) atoms. The second kappa shape index (κ2) is 11.6. The molecule has 0 radical (unpaired) electrons.